The predicted octanol–water partition coefficient (Wildman–Crippen LogP) is 9.21. The molecule has 0 spiro atoms. The maximum atomic E-state index is 13.4. The minimum Gasteiger partial charge on any atom is -0.488 e. The Labute approximate surface area is 278 Å². The molecule has 0 fully saturated rings. The van der Waals surface area contributed by atoms with Crippen molar-refractivity contribution >= 4 is 27.8 Å². The number of aliphatic carboxylic acids is 1. The molecule has 5 rings (SSSR count). The fourth-order valence-corrected chi connectivity index (χ4v) is 5.33. The molecular formula is C39H36BrNO5. The highest BCUT2D eigenvalue weighted by atomic mass is 79.9. The van der Waals surface area contributed by atoms with Gasteiger partial charge in [-0.1, -0.05) is 122 Å². The second-order valence-corrected chi connectivity index (χ2v) is 13.0. The lowest BCUT2D eigenvalue weighted by atomic mass is 9.87. The van der Waals surface area contributed by atoms with Crippen molar-refractivity contribution in [1.29, 1.82) is 0 Å². The molecular weight excluding hydrogens is 642 g/mol. The molecule has 46 heavy (non-hydrogen) atoms. The number of halogens is 1. The van der Waals surface area contributed by atoms with Gasteiger partial charge >= 0.3 is 5.97 Å². The summed E-state index contributed by atoms with van der Waals surface area (Å²) >= 11 is 3.42. The summed E-state index contributed by atoms with van der Waals surface area (Å²) < 4.78 is 12.8. The van der Waals surface area contributed by atoms with Gasteiger partial charge in [0.05, 0.1) is 5.56 Å². The lowest BCUT2D eigenvalue weighted by Gasteiger charge is -2.19. The summed E-state index contributed by atoms with van der Waals surface area (Å²) in [4.78, 5) is 25.7. The maximum Gasteiger partial charge on any atom is 0.326 e. The van der Waals surface area contributed by atoms with Crippen LogP contribution in [-0.4, -0.2) is 23.0 Å². The van der Waals surface area contributed by atoms with E-state index in [-0.39, 0.29) is 24.0 Å². The quantitative estimate of drug-likeness (QED) is 0.146. The van der Waals surface area contributed by atoms with Gasteiger partial charge in [-0.05, 0) is 64.1 Å². The number of benzene rings is 5. The van der Waals surface area contributed by atoms with Gasteiger partial charge in [0, 0.05) is 16.5 Å². The molecule has 234 valence electrons. The SMILES string of the molecule is CC(C)(C)c1ccc(COc2ccc(Br)cc2C(=O)N[C@@H](Cc2ccc(-c3ccccc3Oc3ccccc3)cc2)C(=O)O)cc1. The van der Waals surface area contributed by atoms with Crippen LogP contribution in [0.3, 0.4) is 0 Å². The Morgan fingerprint density at radius 1 is 0.783 bits per heavy atom. The van der Waals surface area contributed by atoms with Gasteiger partial charge in [0.2, 0.25) is 0 Å². The normalized spacial score (nSPS) is 11.8. The largest absolute Gasteiger partial charge is 0.488 e. The Morgan fingerprint density at radius 3 is 2.11 bits per heavy atom. The molecule has 2 N–H and O–H groups in total. The average Bonchev–Trinajstić information content (AvgIpc) is 3.04. The molecule has 7 heteroatoms. The summed E-state index contributed by atoms with van der Waals surface area (Å²) in [7, 11) is 0. The molecule has 0 heterocycles. The second-order valence-electron chi connectivity index (χ2n) is 12.1. The summed E-state index contributed by atoms with van der Waals surface area (Å²) in [5.74, 6) is 0.155. The topological polar surface area (TPSA) is 84.9 Å². The first-order chi connectivity index (χ1) is 22.1. The van der Waals surface area contributed by atoms with Crippen molar-refractivity contribution in [2.45, 2.75) is 45.3 Å². The number of hydrogen-bond acceptors (Lipinski definition) is 4. The lowest BCUT2D eigenvalue weighted by Crippen LogP contribution is -2.42. The summed E-state index contributed by atoms with van der Waals surface area (Å²) in [6.07, 6.45) is 0.105. The van der Waals surface area contributed by atoms with Crippen LogP contribution in [0.15, 0.2) is 126 Å². The Bertz CT molecular complexity index is 1800. The van der Waals surface area contributed by atoms with Gasteiger partial charge in [0.25, 0.3) is 5.91 Å². The van der Waals surface area contributed by atoms with Crippen LogP contribution in [0.1, 0.15) is 47.8 Å². The third-order valence-corrected chi connectivity index (χ3v) is 8.06. The molecule has 0 radical (unpaired) electrons. The minimum absolute atomic E-state index is 0.0436. The van der Waals surface area contributed by atoms with Crippen LogP contribution < -0.4 is 14.8 Å². The highest BCUT2D eigenvalue weighted by molar-refractivity contribution is 9.10. The van der Waals surface area contributed by atoms with E-state index in [1.807, 2.05) is 91.0 Å². The van der Waals surface area contributed by atoms with Crippen molar-refractivity contribution in [2.24, 2.45) is 0 Å². The van der Waals surface area contributed by atoms with Gasteiger partial charge in [-0.2, -0.15) is 0 Å². The molecule has 0 unspecified atom stereocenters. The fourth-order valence-electron chi connectivity index (χ4n) is 4.97. The van der Waals surface area contributed by atoms with Gasteiger partial charge < -0.3 is 19.9 Å². The number of carbonyl (C=O) groups is 2. The Hall–Kier alpha value is -4.88. The van der Waals surface area contributed by atoms with Gasteiger partial charge in [0.15, 0.2) is 0 Å². The Kier molecular flexibility index (Phi) is 10.2. The first-order valence-electron chi connectivity index (χ1n) is 15.0. The third kappa shape index (κ3) is 8.43. The lowest BCUT2D eigenvalue weighted by molar-refractivity contribution is -0.139. The number of ether oxygens (including phenoxy) is 2. The molecule has 0 saturated carbocycles. The smallest absolute Gasteiger partial charge is 0.326 e. The number of para-hydroxylation sites is 2. The van der Waals surface area contributed by atoms with Crippen LogP contribution >= 0.6 is 15.9 Å². The fraction of sp³-hybridized carbons (Fsp3) is 0.179. The maximum absolute atomic E-state index is 13.4. The molecule has 5 aromatic carbocycles. The van der Waals surface area contributed by atoms with E-state index in [0.29, 0.717) is 16.0 Å². The molecule has 0 aromatic heterocycles. The summed E-state index contributed by atoms with van der Waals surface area (Å²) in [5, 5.41) is 12.7. The van der Waals surface area contributed by atoms with Gasteiger partial charge in [-0.15, -0.1) is 0 Å². The number of rotatable bonds is 11. The van der Waals surface area contributed by atoms with Crippen LogP contribution in [0.5, 0.6) is 17.2 Å². The monoisotopic (exact) mass is 677 g/mol. The summed E-state index contributed by atoms with van der Waals surface area (Å²) in [5.41, 5.74) is 5.07. The molecule has 0 bridgehead atoms. The number of carboxylic acid groups (broad SMARTS) is 1. The standard InChI is InChI=1S/C39H36BrNO5/c1-39(2,3)29-19-15-27(16-20-29)25-45-35-22-21-30(40)24-33(35)37(42)41-34(38(43)44)23-26-13-17-28(18-14-26)32-11-7-8-12-36(32)46-31-9-5-4-6-10-31/h4-22,24,34H,23,25H2,1-3H3,(H,41,42)(H,43,44)/t34-/m0/s1. The summed E-state index contributed by atoms with van der Waals surface area (Å²) in [6.45, 7) is 6.75. The minimum atomic E-state index is -1.15. The van der Waals surface area contributed by atoms with E-state index in [0.717, 1.165) is 28.0 Å². The van der Waals surface area contributed by atoms with E-state index in [2.05, 4.69) is 54.2 Å². The van der Waals surface area contributed by atoms with Gasteiger partial charge in [-0.25, -0.2) is 4.79 Å². The van der Waals surface area contributed by atoms with Crippen LogP contribution in [-0.2, 0) is 23.2 Å². The molecule has 0 saturated heterocycles. The highest BCUT2D eigenvalue weighted by Crippen LogP contribution is 2.33. The third-order valence-electron chi connectivity index (χ3n) is 7.57. The van der Waals surface area contributed by atoms with Crippen LogP contribution in [0.4, 0.5) is 0 Å². The van der Waals surface area contributed by atoms with Crippen molar-refractivity contribution < 1.29 is 24.2 Å². The predicted molar refractivity (Wildman–Crippen MR) is 185 cm³/mol. The van der Waals surface area contributed by atoms with Crippen molar-refractivity contribution in [1.82, 2.24) is 5.32 Å². The van der Waals surface area contributed by atoms with E-state index < -0.39 is 17.9 Å². The first-order valence-corrected chi connectivity index (χ1v) is 15.8. The van der Waals surface area contributed by atoms with E-state index in [9.17, 15) is 14.7 Å². The second kappa shape index (κ2) is 14.5. The molecule has 1 amide bonds. The molecule has 6 nitrogen and oxygen atoms in total. The van der Waals surface area contributed by atoms with Crippen molar-refractivity contribution in [3.05, 3.63) is 148 Å². The zero-order valence-electron chi connectivity index (χ0n) is 26.0. The highest BCUT2D eigenvalue weighted by Gasteiger charge is 2.24. The Balaban J connectivity index is 1.27. The van der Waals surface area contributed by atoms with E-state index in [1.54, 1.807) is 18.2 Å². The van der Waals surface area contributed by atoms with Crippen LogP contribution in [0.2, 0.25) is 0 Å². The molecule has 0 aliphatic carbocycles. The summed E-state index contributed by atoms with van der Waals surface area (Å²) in [6, 6.07) is 37.1. The molecule has 0 aliphatic heterocycles. The van der Waals surface area contributed by atoms with Crippen molar-refractivity contribution in [3.8, 4) is 28.4 Å². The average molecular weight is 679 g/mol. The molecule has 1 atom stereocenters. The zero-order valence-corrected chi connectivity index (χ0v) is 27.6. The van der Waals surface area contributed by atoms with Crippen molar-refractivity contribution in [2.75, 3.05) is 0 Å². The van der Waals surface area contributed by atoms with Gasteiger partial charge in [-0.3, -0.25) is 4.79 Å². The van der Waals surface area contributed by atoms with Crippen LogP contribution in [0.25, 0.3) is 11.1 Å². The first kappa shape index (κ1) is 32.5. The zero-order chi connectivity index (χ0) is 32.7. The van der Waals surface area contributed by atoms with E-state index in [4.69, 9.17) is 9.47 Å². The van der Waals surface area contributed by atoms with Crippen molar-refractivity contribution in [3.63, 3.8) is 0 Å². The molecule has 0 aliphatic rings. The number of nitrogens with one attached hydrogen (secondary N) is 1. The number of carbonyl (C=O) groups excluding carboxylic acids is 1. The van der Waals surface area contributed by atoms with E-state index in [1.165, 1.54) is 5.56 Å². The number of amides is 1. The van der Waals surface area contributed by atoms with Gasteiger partial charge in [0.1, 0.15) is 29.9 Å². The van der Waals surface area contributed by atoms with E-state index >= 15 is 0 Å². The number of hydrogen-bond donors (Lipinski definition) is 2. The molecule has 5 aromatic rings. The number of carboxylic acids is 1. The van der Waals surface area contributed by atoms with Crippen LogP contribution in [0, 0.1) is 0 Å². The Morgan fingerprint density at radius 2 is 1.43 bits per heavy atom.